The lowest BCUT2D eigenvalue weighted by molar-refractivity contribution is 0.388. The molecular formula is C22H28FN3O6S2. The van der Waals surface area contributed by atoms with Crippen molar-refractivity contribution in [1.29, 1.82) is 0 Å². The Balaban J connectivity index is 2.27. The van der Waals surface area contributed by atoms with Gasteiger partial charge < -0.3 is 9.47 Å². The van der Waals surface area contributed by atoms with Crippen LogP contribution >= 0.6 is 0 Å². The number of fused-ring (bicyclic) bond motifs is 1. The zero-order chi connectivity index (χ0) is 25.5. The number of hydrogen-bond acceptors (Lipinski definition) is 7. The highest BCUT2D eigenvalue weighted by atomic mass is 32.2. The van der Waals surface area contributed by atoms with Crippen LogP contribution in [0.5, 0.6) is 11.5 Å². The SMILES string of the molecule is CCCS(=O)(=O)Nc1cc(-c2cnc3cc(OC)c(S(=O)(=O)C(C)(C)C)cn23)cc(OC)c1F. The molecule has 3 rings (SSSR count). The number of ether oxygens (including phenoxy) is 2. The van der Waals surface area contributed by atoms with Crippen LogP contribution in [0.25, 0.3) is 16.9 Å². The number of nitrogens with one attached hydrogen (secondary N) is 1. The van der Waals surface area contributed by atoms with Gasteiger partial charge in [-0.25, -0.2) is 26.2 Å². The summed E-state index contributed by atoms with van der Waals surface area (Å²) in [6.45, 7) is 6.45. The van der Waals surface area contributed by atoms with Gasteiger partial charge in [-0.05, 0) is 39.3 Å². The molecule has 0 aliphatic rings. The lowest BCUT2D eigenvalue weighted by Crippen LogP contribution is -2.28. The Morgan fingerprint density at radius 3 is 2.26 bits per heavy atom. The van der Waals surface area contributed by atoms with Gasteiger partial charge >= 0.3 is 0 Å². The predicted octanol–water partition coefficient (Wildman–Crippen LogP) is 3.88. The molecular weight excluding hydrogens is 485 g/mol. The Morgan fingerprint density at radius 2 is 1.71 bits per heavy atom. The third kappa shape index (κ3) is 4.69. The van der Waals surface area contributed by atoms with Crippen LogP contribution in [-0.4, -0.2) is 50.9 Å². The first kappa shape index (κ1) is 25.8. The van der Waals surface area contributed by atoms with Crippen LogP contribution in [0.3, 0.4) is 0 Å². The number of pyridine rings is 1. The van der Waals surface area contributed by atoms with Gasteiger partial charge in [0.25, 0.3) is 0 Å². The van der Waals surface area contributed by atoms with Crippen LogP contribution in [0.1, 0.15) is 34.1 Å². The van der Waals surface area contributed by atoms with E-state index >= 15 is 0 Å². The number of sulfone groups is 1. The summed E-state index contributed by atoms with van der Waals surface area (Å²) in [4.78, 5) is 4.28. The van der Waals surface area contributed by atoms with Crippen molar-refractivity contribution in [2.45, 2.75) is 43.8 Å². The van der Waals surface area contributed by atoms with Gasteiger partial charge in [0.1, 0.15) is 16.3 Å². The third-order valence-electron chi connectivity index (χ3n) is 5.18. The topological polar surface area (TPSA) is 116 Å². The Kier molecular flexibility index (Phi) is 6.87. The summed E-state index contributed by atoms with van der Waals surface area (Å²) in [5.41, 5.74) is 0.867. The average Bonchev–Trinajstić information content (AvgIpc) is 3.16. The van der Waals surface area contributed by atoms with E-state index in [1.165, 1.54) is 49.2 Å². The maximum absolute atomic E-state index is 14.9. The van der Waals surface area contributed by atoms with E-state index in [0.717, 1.165) is 0 Å². The van der Waals surface area contributed by atoms with Crippen molar-refractivity contribution in [1.82, 2.24) is 9.38 Å². The molecule has 0 unspecified atom stereocenters. The van der Waals surface area contributed by atoms with E-state index in [1.54, 1.807) is 27.7 Å². The Labute approximate surface area is 198 Å². The molecule has 0 aliphatic heterocycles. The highest BCUT2D eigenvalue weighted by Gasteiger charge is 2.34. The molecule has 3 aromatic rings. The first-order valence-corrected chi connectivity index (χ1v) is 13.6. The number of aromatic nitrogens is 2. The molecule has 9 nitrogen and oxygen atoms in total. The summed E-state index contributed by atoms with van der Waals surface area (Å²) in [7, 11) is -4.94. The van der Waals surface area contributed by atoms with Gasteiger partial charge in [0.05, 0.1) is 42.3 Å². The summed E-state index contributed by atoms with van der Waals surface area (Å²) < 4.78 is 78.9. The molecule has 0 spiro atoms. The van der Waals surface area contributed by atoms with Gasteiger partial charge in [-0.3, -0.25) is 9.12 Å². The van der Waals surface area contributed by atoms with Gasteiger partial charge in [-0.15, -0.1) is 0 Å². The van der Waals surface area contributed by atoms with E-state index in [2.05, 4.69) is 9.71 Å². The molecule has 0 saturated carbocycles. The molecule has 0 radical (unpaired) electrons. The van der Waals surface area contributed by atoms with Crippen molar-refractivity contribution >= 4 is 31.2 Å². The monoisotopic (exact) mass is 513 g/mol. The normalized spacial score (nSPS) is 12.7. The van der Waals surface area contributed by atoms with Crippen LogP contribution in [-0.2, 0) is 19.9 Å². The van der Waals surface area contributed by atoms with E-state index < -0.39 is 30.4 Å². The molecule has 0 aliphatic carbocycles. The van der Waals surface area contributed by atoms with Crippen molar-refractivity contribution in [2.24, 2.45) is 0 Å². The number of anilines is 1. The van der Waals surface area contributed by atoms with Crippen LogP contribution < -0.4 is 14.2 Å². The number of benzene rings is 1. The molecule has 34 heavy (non-hydrogen) atoms. The standard InChI is InChI=1S/C22H28FN3O6S2/c1-7-8-33(27,28)25-15-9-14(10-18(32-6)21(15)23)16-12-24-20-11-17(31-5)19(13-26(16)20)34(29,30)22(2,3)4/h9-13,25H,7-8H2,1-6H3. The van der Waals surface area contributed by atoms with Crippen molar-refractivity contribution in [3.63, 3.8) is 0 Å². The zero-order valence-electron chi connectivity index (χ0n) is 19.8. The van der Waals surface area contributed by atoms with E-state index in [1.807, 2.05) is 0 Å². The highest BCUT2D eigenvalue weighted by Crippen LogP contribution is 2.37. The van der Waals surface area contributed by atoms with Crippen LogP contribution in [0.15, 0.2) is 35.5 Å². The van der Waals surface area contributed by atoms with Crippen molar-refractivity contribution in [3.8, 4) is 22.8 Å². The Hall–Kier alpha value is -2.86. The quantitative estimate of drug-likeness (QED) is 0.486. The fraction of sp³-hybridized carbons (Fsp3) is 0.409. The number of methoxy groups -OCH3 is 2. The third-order valence-corrected chi connectivity index (χ3v) is 9.16. The molecule has 186 valence electrons. The molecule has 1 aromatic carbocycles. The van der Waals surface area contributed by atoms with E-state index in [4.69, 9.17) is 9.47 Å². The number of imidazole rings is 1. The highest BCUT2D eigenvalue weighted by molar-refractivity contribution is 7.93. The van der Waals surface area contributed by atoms with Crippen molar-refractivity contribution in [3.05, 3.63) is 36.4 Å². The smallest absolute Gasteiger partial charge is 0.232 e. The van der Waals surface area contributed by atoms with E-state index in [-0.39, 0.29) is 27.8 Å². The molecule has 0 amide bonds. The predicted molar refractivity (Wildman–Crippen MR) is 128 cm³/mol. The summed E-state index contributed by atoms with van der Waals surface area (Å²) in [6, 6.07) is 4.20. The van der Waals surface area contributed by atoms with E-state index in [0.29, 0.717) is 23.3 Å². The minimum atomic E-state index is -3.80. The Bertz CT molecular complexity index is 1440. The number of rotatable bonds is 8. The van der Waals surface area contributed by atoms with Gasteiger partial charge in [0, 0.05) is 17.8 Å². The largest absolute Gasteiger partial charge is 0.495 e. The lowest BCUT2D eigenvalue weighted by atomic mass is 10.1. The number of hydrogen-bond donors (Lipinski definition) is 1. The molecule has 12 heteroatoms. The van der Waals surface area contributed by atoms with Gasteiger partial charge in [-0.2, -0.15) is 0 Å². The maximum atomic E-state index is 14.9. The summed E-state index contributed by atoms with van der Waals surface area (Å²) >= 11 is 0. The van der Waals surface area contributed by atoms with Crippen LogP contribution in [0.4, 0.5) is 10.1 Å². The maximum Gasteiger partial charge on any atom is 0.232 e. The number of nitrogens with zero attached hydrogens (tertiary/aromatic N) is 2. The minimum Gasteiger partial charge on any atom is -0.495 e. The molecule has 2 heterocycles. The average molecular weight is 514 g/mol. The second kappa shape index (κ2) is 9.06. The Morgan fingerprint density at radius 1 is 1.06 bits per heavy atom. The molecule has 1 N–H and O–H groups in total. The van der Waals surface area contributed by atoms with Gasteiger partial charge in [-0.1, -0.05) is 6.92 Å². The van der Waals surface area contributed by atoms with E-state index in [9.17, 15) is 21.2 Å². The summed E-state index contributed by atoms with van der Waals surface area (Å²) in [5.74, 6) is -1.08. The lowest BCUT2D eigenvalue weighted by Gasteiger charge is -2.21. The zero-order valence-corrected chi connectivity index (χ0v) is 21.5. The minimum absolute atomic E-state index is 0.0350. The molecule has 0 atom stereocenters. The molecule has 2 aromatic heterocycles. The fourth-order valence-corrected chi connectivity index (χ4v) is 5.78. The second-order valence-corrected chi connectivity index (χ2v) is 13.2. The number of sulfonamides is 1. The second-order valence-electron chi connectivity index (χ2n) is 8.65. The summed E-state index contributed by atoms with van der Waals surface area (Å²) in [5, 5.41) is 0. The first-order chi connectivity index (χ1) is 15.8. The van der Waals surface area contributed by atoms with Crippen molar-refractivity contribution < 1.29 is 30.7 Å². The fourth-order valence-electron chi connectivity index (χ4n) is 3.35. The van der Waals surface area contributed by atoms with Gasteiger partial charge in [0.2, 0.25) is 10.0 Å². The van der Waals surface area contributed by atoms with Crippen LogP contribution in [0, 0.1) is 5.82 Å². The van der Waals surface area contributed by atoms with Crippen molar-refractivity contribution in [2.75, 3.05) is 24.7 Å². The first-order valence-electron chi connectivity index (χ1n) is 10.4. The molecule has 0 saturated heterocycles. The van der Waals surface area contributed by atoms with Gasteiger partial charge in [0.15, 0.2) is 21.4 Å². The number of halogens is 1. The molecule has 0 bridgehead atoms. The van der Waals surface area contributed by atoms with Crippen LogP contribution in [0.2, 0.25) is 0 Å². The summed E-state index contributed by atoms with van der Waals surface area (Å²) in [6.07, 6.45) is 3.22. The molecule has 0 fully saturated rings.